The van der Waals surface area contributed by atoms with Gasteiger partial charge < -0.3 is 10.1 Å². The molecule has 1 aromatic carbocycles. The second-order valence-electron chi connectivity index (χ2n) is 5.21. The van der Waals surface area contributed by atoms with Crippen LogP contribution in [0, 0.1) is 11.7 Å². The molecule has 3 nitrogen and oxygen atoms in total. The van der Waals surface area contributed by atoms with Gasteiger partial charge in [-0.15, -0.1) is 12.6 Å². The minimum atomic E-state index is -0.417. The van der Waals surface area contributed by atoms with Gasteiger partial charge in [-0.05, 0) is 43.4 Å². The lowest BCUT2D eigenvalue weighted by Gasteiger charge is -2.19. The van der Waals surface area contributed by atoms with E-state index in [2.05, 4.69) is 17.9 Å². The molecule has 2 fully saturated rings. The van der Waals surface area contributed by atoms with E-state index < -0.39 is 5.82 Å². The summed E-state index contributed by atoms with van der Waals surface area (Å²) in [6.07, 6.45) is 3.38. The molecule has 1 saturated carbocycles. The molecule has 0 spiro atoms. The second-order valence-corrected chi connectivity index (χ2v) is 5.69. The van der Waals surface area contributed by atoms with Gasteiger partial charge in [-0.25, -0.2) is 4.39 Å². The molecule has 1 aliphatic carbocycles. The van der Waals surface area contributed by atoms with Crippen molar-refractivity contribution in [3.63, 3.8) is 0 Å². The van der Waals surface area contributed by atoms with Gasteiger partial charge in [0, 0.05) is 17.1 Å². The van der Waals surface area contributed by atoms with Crippen LogP contribution >= 0.6 is 12.6 Å². The first-order valence-electron chi connectivity index (χ1n) is 6.56. The van der Waals surface area contributed by atoms with Crippen LogP contribution in [-0.4, -0.2) is 24.7 Å². The third-order valence-corrected chi connectivity index (χ3v) is 4.09. The zero-order valence-electron chi connectivity index (χ0n) is 10.4. The van der Waals surface area contributed by atoms with Crippen LogP contribution in [0.25, 0.3) is 0 Å². The summed E-state index contributed by atoms with van der Waals surface area (Å²) < 4.78 is 18.8. The Balaban J connectivity index is 1.68. The number of amides is 1. The largest absolute Gasteiger partial charge is 0.376 e. The molecule has 102 valence electrons. The van der Waals surface area contributed by atoms with E-state index in [0.29, 0.717) is 18.1 Å². The van der Waals surface area contributed by atoms with Crippen LogP contribution in [0.2, 0.25) is 0 Å². The first-order chi connectivity index (χ1) is 9.15. The molecule has 0 aromatic heterocycles. The Labute approximate surface area is 116 Å². The van der Waals surface area contributed by atoms with Gasteiger partial charge in [-0.3, -0.25) is 4.79 Å². The molecule has 19 heavy (non-hydrogen) atoms. The molecule has 1 amide bonds. The molecule has 1 heterocycles. The van der Waals surface area contributed by atoms with Crippen LogP contribution in [0.3, 0.4) is 0 Å². The van der Waals surface area contributed by atoms with E-state index in [0.717, 1.165) is 6.42 Å². The summed E-state index contributed by atoms with van der Waals surface area (Å²) in [5.41, 5.74) is 0.438. The highest BCUT2D eigenvalue weighted by atomic mass is 32.1. The number of nitrogens with one attached hydrogen (secondary N) is 1. The molecule has 2 unspecified atom stereocenters. The molecule has 2 atom stereocenters. The van der Waals surface area contributed by atoms with Crippen molar-refractivity contribution in [2.45, 2.75) is 36.3 Å². The van der Waals surface area contributed by atoms with Crippen LogP contribution in [0.4, 0.5) is 4.39 Å². The zero-order valence-corrected chi connectivity index (χ0v) is 11.3. The number of rotatable bonds is 3. The quantitative estimate of drug-likeness (QED) is 0.835. The van der Waals surface area contributed by atoms with E-state index >= 15 is 0 Å². The lowest BCUT2D eigenvalue weighted by atomic mass is 10.1. The smallest absolute Gasteiger partial charge is 0.251 e. The van der Waals surface area contributed by atoms with Gasteiger partial charge in [0.1, 0.15) is 5.82 Å². The number of halogens is 1. The van der Waals surface area contributed by atoms with Crippen molar-refractivity contribution in [2.24, 2.45) is 5.92 Å². The number of carbonyl (C=O) groups excluding carboxylic acids is 1. The molecule has 1 N–H and O–H groups in total. The predicted molar refractivity (Wildman–Crippen MR) is 72.0 cm³/mol. The average Bonchev–Trinajstić information content (AvgIpc) is 3.13. The van der Waals surface area contributed by atoms with Gasteiger partial charge in [0.15, 0.2) is 0 Å². The summed E-state index contributed by atoms with van der Waals surface area (Å²) in [7, 11) is 0. The van der Waals surface area contributed by atoms with E-state index in [-0.39, 0.29) is 22.9 Å². The minimum Gasteiger partial charge on any atom is -0.376 e. The van der Waals surface area contributed by atoms with Gasteiger partial charge in [0.25, 0.3) is 5.91 Å². The maximum atomic E-state index is 13.1. The average molecular weight is 281 g/mol. The number of benzene rings is 1. The van der Waals surface area contributed by atoms with Gasteiger partial charge in [-0.1, -0.05) is 0 Å². The molecule has 0 radical (unpaired) electrons. The standard InChI is InChI=1S/C14H16FNO2S/c15-10-4-3-9(7-12(10)19)14(17)16-11-5-6-18-13(11)8-1-2-8/h3-4,7-8,11,13,19H,1-2,5-6H2,(H,16,17). The summed E-state index contributed by atoms with van der Waals surface area (Å²) in [4.78, 5) is 12.3. The third kappa shape index (κ3) is 2.77. The fourth-order valence-corrected chi connectivity index (χ4v) is 2.77. The van der Waals surface area contributed by atoms with Crippen LogP contribution < -0.4 is 5.32 Å². The van der Waals surface area contributed by atoms with Crippen molar-refractivity contribution in [1.29, 1.82) is 0 Å². The molecule has 0 bridgehead atoms. The van der Waals surface area contributed by atoms with Crippen molar-refractivity contribution in [3.05, 3.63) is 29.6 Å². The van der Waals surface area contributed by atoms with Crippen molar-refractivity contribution in [2.75, 3.05) is 6.61 Å². The van der Waals surface area contributed by atoms with Crippen LogP contribution in [-0.2, 0) is 4.74 Å². The Hall–Kier alpha value is -1.07. The van der Waals surface area contributed by atoms with E-state index in [4.69, 9.17) is 4.74 Å². The summed E-state index contributed by atoms with van der Waals surface area (Å²) in [5, 5.41) is 2.99. The van der Waals surface area contributed by atoms with Gasteiger partial charge in [0.2, 0.25) is 0 Å². The van der Waals surface area contributed by atoms with E-state index in [9.17, 15) is 9.18 Å². The molecule has 1 aliphatic heterocycles. The van der Waals surface area contributed by atoms with Crippen LogP contribution in [0.15, 0.2) is 23.1 Å². The highest BCUT2D eigenvalue weighted by Gasteiger charge is 2.41. The zero-order chi connectivity index (χ0) is 13.4. The van der Waals surface area contributed by atoms with Gasteiger partial charge in [-0.2, -0.15) is 0 Å². The summed E-state index contributed by atoms with van der Waals surface area (Å²) >= 11 is 3.99. The topological polar surface area (TPSA) is 38.3 Å². The Bertz CT molecular complexity index is 504. The number of carbonyl (C=O) groups is 1. The SMILES string of the molecule is O=C(NC1CCOC1C1CC1)c1ccc(F)c(S)c1. The first kappa shape index (κ1) is 12.9. The monoisotopic (exact) mass is 281 g/mol. The normalized spacial score (nSPS) is 26.4. The van der Waals surface area contributed by atoms with Crippen molar-refractivity contribution in [3.8, 4) is 0 Å². The number of hydrogen-bond donors (Lipinski definition) is 2. The molecule has 1 aromatic rings. The van der Waals surface area contributed by atoms with Crippen molar-refractivity contribution >= 4 is 18.5 Å². The lowest BCUT2D eigenvalue weighted by Crippen LogP contribution is -2.41. The van der Waals surface area contributed by atoms with Crippen LogP contribution in [0.5, 0.6) is 0 Å². The van der Waals surface area contributed by atoms with Crippen LogP contribution in [0.1, 0.15) is 29.6 Å². The fourth-order valence-electron chi connectivity index (χ4n) is 2.56. The first-order valence-corrected chi connectivity index (χ1v) is 7.01. The fraction of sp³-hybridized carbons (Fsp3) is 0.500. The third-order valence-electron chi connectivity index (χ3n) is 3.75. The lowest BCUT2D eigenvalue weighted by molar-refractivity contribution is 0.0729. The number of ether oxygens (including phenoxy) is 1. The molecule has 1 saturated heterocycles. The molecular formula is C14H16FNO2S. The Morgan fingerprint density at radius 3 is 2.84 bits per heavy atom. The Kier molecular flexibility index (Phi) is 3.50. The molecule has 2 aliphatic rings. The van der Waals surface area contributed by atoms with E-state index in [1.54, 1.807) is 0 Å². The Morgan fingerprint density at radius 1 is 1.37 bits per heavy atom. The van der Waals surface area contributed by atoms with Crippen molar-refractivity contribution < 1.29 is 13.9 Å². The number of hydrogen-bond acceptors (Lipinski definition) is 3. The summed E-state index contributed by atoms with van der Waals surface area (Å²) in [6.45, 7) is 0.702. The second kappa shape index (κ2) is 5.13. The molecular weight excluding hydrogens is 265 g/mol. The van der Waals surface area contributed by atoms with Crippen molar-refractivity contribution in [1.82, 2.24) is 5.32 Å². The van der Waals surface area contributed by atoms with E-state index in [1.807, 2.05) is 0 Å². The summed E-state index contributed by atoms with van der Waals surface area (Å²) in [5.74, 6) is -0.00199. The predicted octanol–water partition coefficient (Wildman–Crippen LogP) is 2.41. The Morgan fingerprint density at radius 2 is 2.16 bits per heavy atom. The highest BCUT2D eigenvalue weighted by Crippen LogP contribution is 2.38. The maximum Gasteiger partial charge on any atom is 0.251 e. The summed E-state index contributed by atoms with van der Waals surface area (Å²) in [6, 6.07) is 4.27. The van der Waals surface area contributed by atoms with Gasteiger partial charge >= 0.3 is 0 Å². The maximum absolute atomic E-state index is 13.1. The highest BCUT2D eigenvalue weighted by molar-refractivity contribution is 7.80. The molecule has 5 heteroatoms. The van der Waals surface area contributed by atoms with E-state index in [1.165, 1.54) is 31.0 Å². The minimum absolute atomic E-state index is 0.0772. The number of thiol groups is 1. The molecule has 3 rings (SSSR count). The van der Waals surface area contributed by atoms with Gasteiger partial charge in [0.05, 0.1) is 12.1 Å².